The Labute approximate surface area is 196 Å². The molecule has 2 aromatic carbocycles. The fraction of sp³-hybridized carbons (Fsp3) is 0.292. The summed E-state index contributed by atoms with van der Waals surface area (Å²) in [6.07, 6.45) is 1.64. The summed E-state index contributed by atoms with van der Waals surface area (Å²) in [5, 5.41) is 11.6. The third kappa shape index (κ3) is 5.50. The lowest BCUT2D eigenvalue weighted by atomic mass is 9.99. The molecule has 1 aromatic heterocycles. The normalized spacial score (nSPS) is 11.7. The summed E-state index contributed by atoms with van der Waals surface area (Å²) in [5.41, 5.74) is 11.2. The predicted octanol–water partition coefficient (Wildman–Crippen LogP) is 4.24. The Kier molecular flexibility index (Phi) is 7.67. The maximum absolute atomic E-state index is 12.5. The van der Waals surface area contributed by atoms with Crippen LogP contribution in [0.5, 0.6) is 11.5 Å². The van der Waals surface area contributed by atoms with Gasteiger partial charge in [-0.2, -0.15) is 4.37 Å². The Morgan fingerprint density at radius 2 is 1.85 bits per heavy atom. The molecule has 0 aliphatic rings. The maximum atomic E-state index is 12.5. The summed E-state index contributed by atoms with van der Waals surface area (Å²) in [6.45, 7) is 4.06. The van der Waals surface area contributed by atoms with E-state index in [1.54, 1.807) is 25.4 Å². The number of carbonyl (C=O) groups excluding carboxylic acids is 1. The molecule has 0 bridgehead atoms. The van der Waals surface area contributed by atoms with Crippen molar-refractivity contribution in [2.24, 2.45) is 5.73 Å². The van der Waals surface area contributed by atoms with Crippen LogP contribution in [0, 0.1) is 13.8 Å². The van der Waals surface area contributed by atoms with Crippen LogP contribution in [0.25, 0.3) is 21.6 Å². The van der Waals surface area contributed by atoms with E-state index in [1.807, 2.05) is 26.0 Å². The van der Waals surface area contributed by atoms with Crippen molar-refractivity contribution < 1.29 is 24.2 Å². The molecule has 0 fully saturated rings. The number of carboxylic acids is 1. The van der Waals surface area contributed by atoms with Crippen molar-refractivity contribution >= 4 is 29.1 Å². The third-order valence-corrected chi connectivity index (χ3v) is 6.30. The molecule has 174 valence electrons. The van der Waals surface area contributed by atoms with E-state index in [0.29, 0.717) is 11.4 Å². The zero-order chi connectivity index (χ0) is 24.1. The van der Waals surface area contributed by atoms with Crippen LogP contribution in [0.1, 0.15) is 24.0 Å². The van der Waals surface area contributed by atoms with Crippen molar-refractivity contribution in [3.05, 3.63) is 47.7 Å². The van der Waals surface area contributed by atoms with Crippen LogP contribution in [-0.4, -0.2) is 41.6 Å². The van der Waals surface area contributed by atoms with Gasteiger partial charge < -0.3 is 25.6 Å². The molecule has 9 heteroatoms. The first-order chi connectivity index (χ1) is 15.7. The van der Waals surface area contributed by atoms with Crippen molar-refractivity contribution in [3.8, 4) is 33.1 Å². The lowest BCUT2D eigenvalue weighted by Gasteiger charge is -2.15. The van der Waals surface area contributed by atoms with Gasteiger partial charge in [0.05, 0.1) is 30.8 Å². The number of aryl methyl sites for hydroxylation is 1. The standard InChI is InChI=1S/C24H27N3O5S/c1-13-9-16(11-21(32-4)14(13)2)23-17(12-26-33-23)15-5-7-20(31-3)19(10-15)27-24(30)18(25)6-8-22(28)29/h5,7,9-12,18H,6,8,25H2,1-4H3,(H,27,30)(H,28,29)/t18-/m1/s1. The van der Waals surface area contributed by atoms with Gasteiger partial charge in [-0.25, -0.2) is 0 Å². The Hall–Kier alpha value is -3.43. The summed E-state index contributed by atoms with van der Waals surface area (Å²) >= 11 is 1.38. The van der Waals surface area contributed by atoms with Crippen molar-refractivity contribution in [2.75, 3.05) is 19.5 Å². The molecular weight excluding hydrogens is 442 g/mol. The zero-order valence-corrected chi connectivity index (χ0v) is 19.8. The molecule has 4 N–H and O–H groups in total. The molecule has 0 unspecified atom stereocenters. The first kappa shape index (κ1) is 24.2. The highest BCUT2D eigenvalue weighted by atomic mass is 32.1. The second-order valence-electron chi connectivity index (χ2n) is 7.63. The number of aliphatic carboxylic acids is 1. The topological polar surface area (TPSA) is 124 Å². The number of aromatic nitrogens is 1. The summed E-state index contributed by atoms with van der Waals surface area (Å²) in [6, 6.07) is 8.60. The quantitative estimate of drug-likeness (QED) is 0.428. The molecule has 8 nitrogen and oxygen atoms in total. The SMILES string of the molecule is COc1ccc(-c2cnsc2-c2cc(C)c(C)c(OC)c2)cc1NC(=O)[C@H](N)CCC(=O)O. The van der Waals surface area contributed by atoms with E-state index in [1.165, 1.54) is 18.6 Å². The Balaban J connectivity index is 1.95. The average Bonchev–Trinajstić information content (AvgIpc) is 3.29. The molecule has 33 heavy (non-hydrogen) atoms. The molecule has 0 saturated carbocycles. The highest BCUT2D eigenvalue weighted by Gasteiger charge is 2.19. The number of rotatable bonds is 9. The minimum Gasteiger partial charge on any atom is -0.496 e. The third-order valence-electron chi connectivity index (χ3n) is 5.45. The van der Waals surface area contributed by atoms with Crippen LogP contribution in [0.15, 0.2) is 36.5 Å². The van der Waals surface area contributed by atoms with Gasteiger partial charge in [0.1, 0.15) is 11.5 Å². The molecule has 0 radical (unpaired) electrons. The highest BCUT2D eigenvalue weighted by molar-refractivity contribution is 7.10. The van der Waals surface area contributed by atoms with Crippen molar-refractivity contribution in [1.82, 2.24) is 4.37 Å². The minimum atomic E-state index is -1.00. The molecule has 1 atom stereocenters. The van der Waals surface area contributed by atoms with Crippen LogP contribution in [0.3, 0.4) is 0 Å². The lowest BCUT2D eigenvalue weighted by Crippen LogP contribution is -2.36. The number of nitrogens with one attached hydrogen (secondary N) is 1. The Morgan fingerprint density at radius 3 is 2.52 bits per heavy atom. The number of nitrogens with two attached hydrogens (primary N) is 1. The minimum absolute atomic E-state index is 0.0381. The number of methoxy groups -OCH3 is 2. The second-order valence-corrected chi connectivity index (χ2v) is 8.43. The van der Waals surface area contributed by atoms with Crippen molar-refractivity contribution in [3.63, 3.8) is 0 Å². The average molecular weight is 470 g/mol. The highest BCUT2D eigenvalue weighted by Crippen LogP contribution is 2.40. The van der Waals surface area contributed by atoms with Gasteiger partial charge in [0, 0.05) is 18.2 Å². The number of nitrogens with zero attached hydrogens (tertiary/aromatic N) is 1. The van der Waals surface area contributed by atoms with Gasteiger partial charge in [0.2, 0.25) is 5.91 Å². The van der Waals surface area contributed by atoms with Crippen molar-refractivity contribution in [1.29, 1.82) is 0 Å². The summed E-state index contributed by atoms with van der Waals surface area (Å²) in [7, 11) is 3.16. The van der Waals surface area contributed by atoms with Crippen LogP contribution in [-0.2, 0) is 9.59 Å². The molecule has 0 spiro atoms. The zero-order valence-electron chi connectivity index (χ0n) is 19.0. The van der Waals surface area contributed by atoms with E-state index < -0.39 is 17.9 Å². The summed E-state index contributed by atoms with van der Waals surface area (Å²) in [4.78, 5) is 24.2. The van der Waals surface area contributed by atoms with E-state index >= 15 is 0 Å². The van der Waals surface area contributed by atoms with Gasteiger partial charge in [0.25, 0.3) is 0 Å². The second kappa shape index (κ2) is 10.5. The van der Waals surface area contributed by atoms with E-state index in [2.05, 4.69) is 15.8 Å². The monoisotopic (exact) mass is 469 g/mol. The van der Waals surface area contributed by atoms with Gasteiger partial charge >= 0.3 is 5.97 Å². The first-order valence-electron chi connectivity index (χ1n) is 10.3. The number of carbonyl (C=O) groups is 2. The number of anilines is 1. The van der Waals surface area contributed by atoms with Crippen LogP contribution in [0.2, 0.25) is 0 Å². The molecule has 0 aliphatic carbocycles. The van der Waals surface area contributed by atoms with Crippen LogP contribution < -0.4 is 20.5 Å². The Morgan fingerprint density at radius 1 is 1.12 bits per heavy atom. The summed E-state index contributed by atoms with van der Waals surface area (Å²) in [5.74, 6) is -0.204. The van der Waals surface area contributed by atoms with E-state index in [9.17, 15) is 9.59 Å². The Bertz CT molecular complexity index is 1170. The molecule has 3 aromatic rings. The van der Waals surface area contributed by atoms with Crippen molar-refractivity contribution in [2.45, 2.75) is 32.7 Å². The predicted molar refractivity (Wildman–Crippen MR) is 129 cm³/mol. The van der Waals surface area contributed by atoms with E-state index in [-0.39, 0.29) is 12.8 Å². The van der Waals surface area contributed by atoms with Gasteiger partial charge in [-0.1, -0.05) is 12.1 Å². The maximum Gasteiger partial charge on any atom is 0.303 e. The van der Waals surface area contributed by atoms with Crippen LogP contribution in [0.4, 0.5) is 5.69 Å². The first-order valence-corrected chi connectivity index (χ1v) is 11.1. The number of ether oxygens (including phenoxy) is 2. The lowest BCUT2D eigenvalue weighted by molar-refractivity contribution is -0.137. The molecular formula is C24H27N3O5S. The van der Waals surface area contributed by atoms with E-state index in [0.717, 1.165) is 38.4 Å². The molecule has 1 heterocycles. The van der Waals surface area contributed by atoms with Crippen LogP contribution >= 0.6 is 11.5 Å². The molecule has 0 saturated heterocycles. The largest absolute Gasteiger partial charge is 0.496 e. The summed E-state index contributed by atoms with van der Waals surface area (Å²) < 4.78 is 15.3. The number of amides is 1. The van der Waals surface area contributed by atoms with Gasteiger partial charge in [-0.3, -0.25) is 9.59 Å². The van der Waals surface area contributed by atoms with Gasteiger partial charge in [-0.05, 0) is 72.3 Å². The number of hydrogen-bond acceptors (Lipinski definition) is 7. The van der Waals surface area contributed by atoms with Gasteiger partial charge in [-0.15, -0.1) is 0 Å². The number of benzene rings is 2. The molecule has 3 rings (SSSR count). The smallest absolute Gasteiger partial charge is 0.303 e. The van der Waals surface area contributed by atoms with E-state index in [4.69, 9.17) is 20.3 Å². The fourth-order valence-corrected chi connectivity index (χ4v) is 4.19. The number of hydrogen-bond donors (Lipinski definition) is 3. The fourth-order valence-electron chi connectivity index (χ4n) is 3.43. The molecule has 0 aliphatic heterocycles. The molecule has 1 amide bonds. The number of carboxylic acid groups (broad SMARTS) is 1. The van der Waals surface area contributed by atoms with Gasteiger partial charge in [0.15, 0.2) is 0 Å².